The topological polar surface area (TPSA) is 108 Å². The number of carboxylic acids is 2. The molecular formula is C14H22N2O5. The van der Waals surface area contributed by atoms with E-state index in [0.29, 0.717) is 30.0 Å². The average Bonchev–Trinajstić information content (AvgIpc) is 2.52. The van der Waals surface area contributed by atoms with Gasteiger partial charge >= 0.3 is 11.9 Å². The number of aliphatic imine (C=N–C) groups is 1. The first-order valence-electron chi connectivity index (χ1n) is 7.03. The quantitative estimate of drug-likeness (QED) is 0.684. The van der Waals surface area contributed by atoms with E-state index in [9.17, 15) is 9.59 Å². The molecule has 0 atom stereocenters. The summed E-state index contributed by atoms with van der Waals surface area (Å²) in [5.74, 6) is -1.47. The van der Waals surface area contributed by atoms with E-state index in [4.69, 9.17) is 14.9 Å². The predicted molar refractivity (Wildman–Crippen MR) is 77.3 cm³/mol. The number of hydrogen-bond donors (Lipinski definition) is 3. The number of nitrogens with zero attached hydrogens (tertiary/aromatic N) is 1. The molecule has 1 rings (SSSR count). The van der Waals surface area contributed by atoms with Gasteiger partial charge in [-0.05, 0) is 25.7 Å². The van der Waals surface area contributed by atoms with Crippen molar-refractivity contribution in [1.29, 1.82) is 0 Å². The predicted octanol–water partition coefficient (Wildman–Crippen LogP) is 1.40. The zero-order chi connectivity index (χ0) is 15.7. The molecule has 0 aromatic rings. The summed E-state index contributed by atoms with van der Waals surface area (Å²) in [5, 5.41) is 20.4. The Bertz CT molecular complexity index is 443. The van der Waals surface area contributed by atoms with Crippen molar-refractivity contribution in [3.05, 3.63) is 11.5 Å². The smallest absolute Gasteiger partial charge is 0.325 e. The van der Waals surface area contributed by atoms with Crippen LogP contribution in [0.25, 0.3) is 0 Å². The summed E-state index contributed by atoms with van der Waals surface area (Å²) >= 11 is 0. The largest absolute Gasteiger partial charge is 0.493 e. The van der Waals surface area contributed by atoms with Crippen LogP contribution in [0.1, 0.15) is 38.5 Å². The van der Waals surface area contributed by atoms with E-state index in [0.717, 1.165) is 25.7 Å². The third-order valence-corrected chi connectivity index (χ3v) is 3.19. The van der Waals surface area contributed by atoms with Crippen molar-refractivity contribution in [1.82, 2.24) is 5.32 Å². The maximum atomic E-state index is 10.7. The lowest BCUT2D eigenvalue weighted by Gasteiger charge is -2.16. The number of aliphatic carboxylic acids is 2. The van der Waals surface area contributed by atoms with Crippen LogP contribution in [-0.4, -0.2) is 48.1 Å². The second-order valence-electron chi connectivity index (χ2n) is 4.83. The van der Waals surface area contributed by atoms with Gasteiger partial charge in [0.1, 0.15) is 13.1 Å². The Labute approximate surface area is 123 Å². The first kappa shape index (κ1) is 17.0. The minimum atomic E-state index is -1.00. The minimum Gasteiger partial charge on any atom is -0.493 e. The van der Waals surface area contributed by atoms with Gasteiger partial charge in [0.05, 0.1) is 18.5 Å². The van der Waals surface area contributed by atoms with E-state index in [-0.39, 0.29) is 13.1 Å². The molecule has 1 aliphatic rings. The Morgan fingerprint density at radius 1 is 1.14 bits per heavy atom. The second kappa shape index (κ2) is 8.99. The van der Waals surface area contributed by atoms with Crippen LogP contribution in [0.3, 0.4) is 0 Å². The van der Waals surface area contributed by atoms with E-state index in [1.807, 2.05) is 0 Å². The first-order chi connectivity index (χ1) is 10.0. The summed E-state index contributed by atoms with van der Waals surface area (Å²) in [4.78, 5) is 25.5. The maximum absolute atomic E-state index is 10.7. The summed E-state index contributed by atoms with van der Waals surface area (Å²) in [7, 11) is 1.49. The fourth-order valence-corrected chi connectivity index (χ4v) is 2.25. The molecule has 3 N–H and O–H groups in total. The van der Waals surface area contributed by atoms with Gasteiger partial charge in [-0.3, -0.25) is 14.6 Å². The summed E-state index contributed by atoms with van der Waals surface area (Å²) in [6.07, 6.45) is 5.23. The Morgan fingerprint density at radius 2 is 1.81 bits per heavy atom. The van der Waals surface area contributed by atoms with Gasteiger partial charge in [0, 0.05) is 0 Å². The molecule has 0 spiro atoms. The Kier molecular flexibility index (Phi) is 7.28. The molecule has 118 valence electrons. The Balaban J connectivity index is 3.04. The van der Waals surface area contributed by atoms with Gasteiger partial charge in [-0.2, -0.15) is 0 Å². The highest BCUT2D eigenvalue weighted by atomic mass is 16.5. The standard InChI is InChI=1S/C14H22N2O5/c1-21-14-10(15-8-12(17)18)6-4-2-3-5-7-11(14)16-9-13(19)20/h15H,2-9H2,1H3,(H,17,18)(H,19,20)/b14-10-,16-11+. The van der Waals surface area contributed by atoms with E-state index in [1.54, 1.807) is 0 Å². The first-order valence-corrected chi connectivity index (χ1v) is 7.03. The molecule has 0 radical (unpaired) electrons. The molecule has 0 unspecified atom stereocenters. The van der Waals surface area contributed by atoms with E-state index >= 15 is 0 Å². The molecule has 0 aromatic heterocycles. The van der Waals surface area contributed by atoms with Crippen molar-refractivity contribution in [3.63, 3.8) is 0 Å². The van der Waals surface area contributed by atoms with Crippen LogP contribution >= 0.6 is 0 Å². The third-order valence-electron chi connectivity index (χ3n) is 3.19. The van der Waals surface area contributed by atoms with Gasteiger partial charge in [-0.25, -0.2) is 0 Å². The van der Waals surface area contributed by atoms with Crippen LogP contribution < -0.4 is 5.32 Å². The molecular weight excluding hydrogens is 276 g/mol. The molecule has 21 heavy (non-hydrogen) atoms. The summed E-state index contributed by atoms with van der Waals surface area (Å²) in [5.41, 5.74) is 1.28. The monoisotopic (exact) mass is 298 g/mol. The lowest BCUT2D eigenvalue weighted by molar-refractivity contribution is -0.136. The second-order valence-corrected chi connectivity index (χ2v) is 4.83. The van der Waals surface area contributed by atoms with Gasteiger partial charge in [0.2, 0.25) is 0 Å². The molecule has 0 aromatic carbocycles. The highest BCUT2D eigenvalue weighted by Crippen LogP contribution is 2.20. The number of allylic oxidation sites excluding steroid dienone is 2. The highest BCUT2D eigenvalue weighted by Gasteiger charge is 2.17. The number of rotatable bonds is 6. The van der Waals surface area contributed by atoms with Crippen molar-refractivity contribution < 1.29 is 24.5 Å². The molecule has 0 saturated heterocycles. The molecule has 0 aliphatic heterocycles. The van der Waals surface area contributed by atoms with Crippen molar-refractivity contribution >= 4 is 17.7 Å². The van der Waals surface area contributed by atoms with Crippen molar-refractivity contribution in [2.24, 2.45) is 4.99 Å². The molecule has 0 bridgehead atoms. The number of ether oxygens (including phenoxy) is 1. The number of carboxylic acid groups (broad SMARTS) is 2. The lowest BCUT2D eigenvalue weighted by atomic mass is 10.1. The molecule has 0 amide bonds. The summed E-state index contributed by atoms with van der Waals surface area (Å²) in [6.45, 7) is -0.511. The van der Waals surface area contributed by atoms with Gasteiger partial charge in [-0.15, -0.1) is 0 Å². The van der Waals surface area contributed by atoms with Crippen LogP contribution in [0.2, 0.25) is 0 Å². The van der Waals surface area contributed by atoms with Gasteiger partial charge in [-0.1, -0.05) is 12.8 Å². The van der Waals surface area contributed by atoms with E-state index < -0.39 is 11.9 Å². The van der Waals surface area contributed by atoms with Gasteiger partial charge in [0.25, 0.3) is 0 Å². The number of carbonyl (C=O) groups is 2. The van der Waals surface area contributed by atoms with Crippen molar-refractivity contribution in [2.45, 2.75) is 38.5 Å². The normalized spacial score (nSPS) is 22.0. The van der Waals surface area contributed by atoms with Crippen LogP contribution in [0.5, 0.6) is 0 Å². The van der Waals surface area contributed by atoms with Gasteiger partial charge in [0.15, 0.2) is 5.76 Å². The zero-order valence-corrected chi connectivity index (χ0v) is 12.2. The van der Waals surface area contributed by atoms with Crippen LogP contribution in [0, 0.1) is 0 Å². The molecule has 7 nitrogen and oxygen atoms in total. The molecule has 7 heteroatoms. The molecule has 0 heterocycles. The molecule has 1 aliphatic carbocycles. The van der Waals surface area contributed by atoms with Crippen molar-refractivity contribution in [2.75, 3.05) is 20.2 Å². The van der Waals surface area contributed by atoms with Crippen LogP contribution in [0.15, 0.2) is 16.4 Å². The maximum Gasteiger partial charge on any atom is 0.325 e. The van der Waals surface area contributed by atoms with Crippen LogP contribution in [0.4, 0.5) is 0 Å². The number of methoxy groups -OCH3 is 1. The fraction of sp³-hybridized carbons (Fsp3) is 0.643. The Morgan fingerprint density at radius 3 is 2.38 bits per heavy atom. The van der Waals surface area contributed by atoms with E-state index in [2.05, 4.69) is 10.3 Å². The summed E-state index contributed by atoms with van der Waals surface area (Å²) in [6, 6.07) is 0. The number of hydrogen-bond acceptors (Lipinski definition) is 5. The third kappa shape index (κ3) is 6.29. The SMILES string of the molecule is CO/C1=C(\NCC(=O)O)CCCCCC\C1=N/CC(=O)O. The lowest BCUT2D eigenvalue weighted by Crippen LogP contribution is -2.25. The average molecular weight is 298 g/mol. The van der Waals surface area contributed by atoms with Crippen LogP contribution in [-0.2, 0) is 14.3 Å². The highest BCUT2D eigenvalue weighted by molar-refractivity contribution is 5.99. The molecule has 0 fully saturated rings. The Hall–Kier alpha value is -2.05. The molecule has 0 saturated carbocycles. The van der Waals surface area contributed by atoms with E-state index in [1.165, 1.54) is 7.11 Å². The fourth-order valence-electron chi connectivity index (χ4n) is 2.25. The van der Waals surface area contributed by atoms with Crippen molar-refractivity contribution in [3.8, 4) is 0 Å². The zero-order valence-electron chi connectivity index (χ0n) is 12.2. The minimum absolute atomic E-state index is 0.200. The van der Waals surface area contributed by atoms with Gasteiger partial charge < -0.3 is 20.3 Å². The summed E-state index contributed by atoms with van der Waals surface area (Å²) < 4.78 is 5.37. The number of nitrogens with one attached hydrogen (secondary N) is 1.